The average molecular weight is 399 g/mol. The molecule has 0 aliphatic rings. The van der Waals surface area contributed by atoms with Crippen LogP contribution in [0.15, 0.2) is 48.5 Å². The molecule has 0 saturated heterocycles. The molecule has 0 aliphatic heterocycles. The van der Waals surface area contributed by atoms with E-state index in [1.165, 1.54) is 19.1 Å². The van der Waals surface area contributed by atoms with Crippen LogP contribution in [0.5, 0.6) is 0 Å². The first-order chi connectivity index (χ1) is 11.8. The monoisotopic (exact) mass is 397 g/mol. The molecule has 0 heterocycles. The number of hydrogen-bond donors (Lipinski definition) is 1. The van der Waals surface area contributed by atoms with Crippen LogP contribution in [0, 0.1) is 0 Å². The molecule has 0 radical (unpaired) electrons. The fraction of sp³-hybridized carbons (Fsp3) is 0.111. The summed E-state index contributed by atoms with van der Waals surface area (Å²) in [6, 6.07) is 11.5. The van der Waals surface area contributed by atoms with Crippen LogP contribution in [0.4, 0.5) is 5.69 Å². The molecule has 7 heteroatoms. The van der Waals surface area contributed by atoms with Gasteiger partial charge in [0.05, 0.1) is 10.0 Å². The smallest absolute Gasteiger partial charge is 0.331 e. The van der Waals surface area contributed by atoms with E-state index in [4.69, 9.17) is 39.5 Å². The Morgan fingerprint density at radius 2 is 1.72 bits per heavy atom. The average Bonchev–Trinajstić information content (AvgIpc) is 2.58. The Labute approximate surface area is 160 Å². The van der Waals surface area contributed by atoms with Crippen molar-refractivity contribution in [2.45, 2.75) is 13.0 Å². The second-order valence-corrected chi connectivity index (χ2v) is 6.33. The topological polar surface area (TPSA) is 55.4 Å². The van der Waals surface area contributed by atoms with Gasteiger partial charge in [0.25, 0.3) is 5.91 Å². The lowest BCUT2D eigenvalue weighted by molar-refractivity contribution is -0.148. The molecule has 2 aromatic carbocycles. The lowest BCUT2D eigenvalue weighted by Crippen LogP contribution is -2.29. The number of hydrogen-bond acceptors (Lipinski definition) is 3. The summed E-state index contributed by atoms with van der Waals surface area (Å²) >= 11 is 17.5. The maximum Gasteiger partial charge on any atom is 0.331 e. The van der Waals surface area contributed by atoms with E-state index in [0.29, 0.717) is 26.3 Å². The highest BCUT2D eigenvalue weighted by molar-refractivity contribution is 6.42. The van der Waals surface area contributed by atoms with Crippen LogP contribution in [-0.4, -0.2) is 18.0 Å². The molecule has 1 amide bonds. The molecule has 0 spiro atoms. The van der Waals surface area contributed by atoms with E-state index < -0.39 is 18.0 Å². The molecule has 0 fully saturated rings. The largest absolute Gasteiger partial charge is 0.449 e. The van der Waals surface area contributed by atoms with E-state index in [1.807, 2.05) is 0 Å². The minimum atomic E-state index is -0.957. The second-order valence-electron chi connectivity index (χ2n) is 5.08. The Bertz CT molecular complexity index is 804. The van der Waals surface area contributed by atoms with Gasteiger partial charge in [-0.25, -0.2) is 4.79 Å². The van der Waals surface area contributed by atoms with Crippen molar-refractivity contribution < 1.29 is 14.3 Å². The molecule has 1 N–H and O–H groups in total. The number of carbonyl (C=O) groups is 2. The Morgan fingerprint density at radius 3 is 2.36 bits per heavy atom. The summed E-state index contributed by atoms with van der Waals surface area (Å²) in [4.78, 5) is 23.8. The van der Waals surface area contributed by atoms with Crippen molar-refractivity contribution >= 4 is 58.4 Å². The highest BCUT2D eigenvalue weighted by atomic mass is 35.5. The number of nitrogens with one attached hydrogen (secondary N) is 1. The standard InChI is InChI=1S/C18H14Cl3NO3/c1-11(18(24)22-14-6-4-13(19)5-7-14)25-17(23)9-3-12-2-8-15(20)16(21)10-12/h2-11H,1H3,(H,22,24)/b9-3+/t11-/m1/s1. The number of anilines is 1. The molecule has 0 aliphatic carbocycles. The van der Waals surface area contributed by atoms with Gasteiger partial charge in [-0.3, -0.25) is 4.79 Å². The molecule has 2 rings (SSSR count). The highest BCUT2D eigenvalue weighted by Gasteiger charge is 2.16. The summed E-state index contributed by atoms with van der Waals surface area (Å²) in [7, 11) is 0. The van der Waals surface area contributed by atoms with Gasteiger partial charge in [-0.15, -0.1) is 0 Å². The lowest BCUT2D eigenvalue weighted by atomic mass is 10.2. The van der Waals surface area contributed by atoms with Crippen LogP contribution < -0.4 is 5.32 Å². The zero-order chi connectivity index (χ0) is 18.4. The van der Waals surface area contributed by atoms with Gasteiger partial charge in [0.1, 0.15) is 0 Å². The van der Waals surface area contributed by atoms with Crippen molar-refractivity contribution in [3.63, 3.8) is 0 Å². The van der Waals surface area contributed by atoms with Crippen molar-refractivity contribution in [2.75, 3.05) is 5.32 Å². The molecule has 4 nitrogen and oxygen atoms in total. The predicted molar refractivity (Wildman–Crippen MR) is 101 cm³/mol. The van der Waals surface area contributed by atoms with Gasteiger partial charge in [-0.2, -0.15) is 0 Å². The third-order valence-electron chi connectivity index (χ3n) is 3.13. The van der Waals surface area contributed by atoms with Crippen molar-refractivity contribution in [3.8, 4) is 0 Å². The quantitative estimate of drug-likeness (QED) is 0.554. The Kier molecular flexibility index (Phi) is 6.88. The summed E-state index contributed by atoms with van der Waals surface area (Å²) in [6.07, 6.45) is 1.78. The van der Waals surface area contributed by atoms with Crippen LogP contribution in [0.2, 0.25) is 15.1 Å². The van der Waals surface area contributed by atoms with E-state index in [1.54, 1.807) is 42.5 Å². The maximum atomic E-state index is 12.0. The SMILES string of the molecule is C[C@@H](OC(=O)/C=C/c1ccc(Cl)c(Cl)c1)C(=O)Nc1ccc(Cl)cc1. The van der Waals surface area contributed by atoms with Gasteiger partial charge in [-0.05, 0) is 55.0 Å². The lowest BCUT2D eigenvalue weighted by Gasteiger charge is -2.12. The maximum absolute atomic E-state index is 12.0. The number of rotatable bonds is 5. The molecule has 130 valence electrons. The van der Waals surface area contributed by atoms with Gasteiger partial charge < -0.3 is 10.1 Å². The first-order valence-electron chi connectivity index (χ1n) is 7.25. The third kappa shape index (κ3) is 6.09. The number of benzene rings is 2. The van der Waals surface area contributed by atoms with Gasteiger partial charge in [0, 0.05) is 16.8 Å². The van der Waals surface area contributed by atoms with E-state index >= 15 is 0 Å². The van der Waals surface area contributed by atoms with Gasteiger partial charge in [0.2, 0.25) is 0 Å². The van der Waals surface area contributed by atoms with Gasteiger partial charge >= 0.3 is 5.97 Å². The van der Waals surface area contributed by atoms with Crippen LogP contribution in [-0.2, 0) is 14.3 Å². The molecule has 0 aromatic heterocycles. The Hall–Kier alpha value is -2.01. The number of carbonyl (C=O) groups excluding carboxylic acids is 2. The Balaban J connectivity index is 1.90. The van der Waals surface area contributed by atoms with Crippen molar-refractivity contribution in [2.24, 2.45) is 0 Å². The third-order valence-corrected chi connectivity index (χ3v) is 4.12. The van der Waals surface area contributed by atoms with Crippen LogP contribution in [0.1, 0.15) is 12.5 Å². The number of ether oxygens (including phenoxy) is 1. The van der Waals surface area contributed by atoms with Crippen LogP contribution in [0.25, 0.3) is 6.08 Å². The first kappa shape index (κ1) is 19.3. The predicted octanol–water partition coefficient (Wildman–Crippen LogP) is 5.23. The van der Waals surface area contributed by atoms with Gasteiger partial charge in [-0.1, -0.05) is 40.9 Å². The summed E-state index contributed by atoms with van der Waals surface area (Å²) < 4.78 is 5.06. The van der Waals surface area contributed by atoms with Crippen molar-refractivity contribution in [1.82, 2.24) is 0 Å². The Morgan fingerprint density at radius 1 is 1.04 bits per heavy atom. The number of halogens is 3. The second kappa shape index (κ2) is 8.90. The van der Waals surface area contributed by atoms with Crippen molar-refractivity contribution in [1.29, 1.82) is 0 Å². The normalized spacial score (nSPS) is 12.0. The van der Waals surface area contributed by atoms with Crippen molar-refractivity contribution in [3.05, 3.63) is 69.2 Å². The minimum Gasteiger partial charge on any atom is -0.449 e. The van der Waals surface area contributed by atoms with E-state index in [2.05, 4.69) is 5.32 Å². The molecule has 0 saturated carbocycles. The van der Waals surface area contributed by atoms with E-state index in [-0.39, 0.29) is 0 Å². The molecule has 2 aromatic rings. The molecular formula is C18H14Cl3NO3. The van der Waals surface area contributed by atoms with Crippen LogP contribution >= 0.6 is 34.8 Å². The first-order valence-corrected chi connectivity index (χ1v) is 8.39. The van der Waals surface area contributed by atoms with E-state index in [0.717, 1.165) is 0 Å². The minimum absolute atomic E-state index is 0.382. The molecule has 1 atom stereocenters. The summed E-state index contributed by atoms with van der Waals surface area (Å²) in [5.41, 5.74) is 1.24. The highest BCUT2D eigenvalue weighted by Crippen LogP contribution is 2.23. The molecule has 0 unspecified atom stereocenters. The molecule has 25 heavy (non-hydrogen) atoms. The summed E-state index contributed by atoms with van der Waals surface area (Å²) in [5.74, 6) is -1.09. The van der Waals surface area contributed by atoms with E-state index in [9.17, 15) is 9.59 Å². The van der Waals surface area contributed by atoms with Crippen LogP contribution in [0.3, 0.4) is 0 Å². The zero-order valence-corrected chi connectivity index (χ0v) is 15.4. The fourth-order valence-corrected chi connectivity index (χ4v) is 2.26. The number of amides is 1. The molecular weight excluding hydrogens is 385 g/mol. The molecule has 0 bridgehead atoms. The summed E-state index contributed by atoms with van der Waals surface area (Å²) in [6.45, 7) is 1.48. The number of esters is 1. The summed E-state index contributed by atoms with van der Waals surface area (Å²) in [5, 5.41) is 4.00. The van der Waals surface area contributed by atoms with Gasteiger partial charge in [0.15, 0.2) is 6.10 Å². The zero-order valence-electron chi connectivity index (χ0n) is 13.1. The fourth-order valence-electron chi connectivity index (χ4n) is 1.82.